The van der Waals surface area contributed by atoms with E-state index in [4.69, 9.17) is 21.6 Å². The highest BCUT2D eigenvalue weighted by Crippen LogP contribution is 2.27. The summed E-state index contributed by atoms with van der Waals surface area (Å²) in [6.45, 7) is 3.95. The quantitative estimate of drug-likeness (QED) is 0.918. The molecule has 2 rings (SSSR count). The van der Waals surface area contributed by atoms with Crippen LogP contribution in [0.1, 0.15) is 19.4 Å². The van der Waals surface area contributed by atoms with Crippen molar-refractivity contribution in [3.05, 3.63) is 47.1 Å². The van der Waals surface area contributed by atoms with Crippen molar-refractivity contribution in [2.45, 2.75) is 20.0 Å². The molecule has 0 aliphatic heterocycles. The largest absolute Gasteiger partial charge is 0.491 e. The number of anilines is 2. The summed E-state index contributed by atoms with van der Waals surface area (Å²) in [5.41, 5.74) is 1.22. The van der Waals surface area contributed by atoms with Gasteiger partial charge in [-0.2, -0.15) is 5.26 Å². The van der Waals surface area contributed by atoms with Crippen LogP contribution in [0.4, 0.5) is 11.5 Å². The van der Waals surface area contributed by atoms with Gasteiger partial charge in [-0.3, -0.25) is 0 Å². The molecular formula is C15H14ClN3O. The first-order valence-electron chi connectivity index (χ1n) is 6.18. The molecule has 0 bridgehead atoms. The van der Waals surface area contributed by atoms with Crippen LogP contribution >= 0.6 is 11.6 Å². The molecular weight excluding hydrogens is 274 g/mol. The lowest BCUT2D eigenvalue weighted by molar-refractivity contribution is 0.242. The monoisotopic (exact) mass is 287 g/mol. The van der Waals surface area contributed by atoms with E-state index < -0.39 is 0 Å². The summed E-state index contributed by atoms with van der Waals surface area (Å²) < 4.78 is 5.57. The summed E-state index contributed by atoms with van der Waals surface area (Å²) >= 11 is 6.09. The number of benzene rings is 1. The average Bonchev–Trinajstić information content (AvgIpc) is 2.43. The summed E-state index contributed by atoms with van der Waals surface area (Å²) in [4.78, 5) is 4.13. The SMILES string of the molecule is CC(C)Oc1ccc(Nc2nccc(C#N)c2Cl)cc1. The molecule has 4 nitrogen and oxygen atoms in total. The van der Waals surface area contributed by atoms with Gasteiger partial charge >= 0.3 is 0 Å². The maximum absolute atomic E-state index is 8.92. The van der Waals surface area contributed by atoms with Crippen LogP contribution in [-0.4, -0.2) is 11.1 Å². The molecule has 1 heterocycles. The number of nitrogens with zero attached hydrogens (tertiary/aromatic N) is 2. The first-order valence-corrected chi connectivity index (χ1v) is 6.56. The van der Waals surface area contributed by atoms with E-state index >= 15 is 0 Å². The molecule has 0 radical (unpaired) electrons. The zero-order chi connectivity index (χ0) is 14.5. The molecule has 20 heavy (non-hydrogen) atoms. The molecule has 0 aliphatic rings. The maximum atomic E-state index is 8.92. The molecule has 0 amide bonds. The summed E-state index contributed by atoms with van der Waals surface area (Å²) in [5, 5.41) is 12.3. The normalized spacial score (nSPS) is 10.2. The number of nitriles is 1. The third kappa shape index (κ3) is 3.40. The van der Waals surface area contributed by atoms with Gasteiger partial charge in [-0.15, -0.1) is 0 Å². The van der Waals surface area contributed by atoms with Crippen LogP contribution < -0.4 is 10.1 Å². The Morgan fingerprint density at radius 3 is 2.55 bits per heavy atom. The molecule has 0 spiro atoms. The summed E-state index contributed by atoms with van der Waals surface area (Å²) in [6.07, 6.45) is 1.68. The lowest BCUT2D eigenvalue weighted by Crippen LogP contribution is -2.05. The van der Waals surface area contributed by atoms with Gasteiger partial charge < -0.3 is 10.1 Å². The maximum Gasteiger partial charge on any atom is 0.150 e. The highest BCUT2D eigenvalue weighted by Gasteiger charge is 2.07. The summed E-state index contributed by atoms with van der Waals surface area (Å²) in [6, 6.07) is 11.1. The Bertz CT molecular complexity index is 633. The molecule has 0 unspecified atom stereocenters. The second-order valence-electron chi connectivity index (χ2n) is 4.45. The van der Waals surface area contributed by atoms with Crippen molar-refractivity contribution in [2.75, 3.05) is 5.32 Å². The van der Waals surface area contributed by atoms with E-state index in [1.165, 1.54) is 0 Å². The molecule has 1 N–H and O–H groups in total. The van der Waals surface area contributed by atoms with Crippen LogP contribution in [0.5, 0.6) is 5.75 Å². The standard InChI is InChI=1S/C15H14ClN3O/c1-10(2)20-13-5-3-12(4-6-13)19-15-14(16)11(9-17)7-8-18-15/h3-8,10H,1-2H3,(H,18,19). The second-order valence-corrected chi connectivity index (χ2v) is 4.83. The van der Waals surface area contributed by atoms with Crippen molar-refractivity contribution in [3.8, 4) is 11.8 Å². The first kappa shape index (κ1) is 14.2. The van der Waals surface area contributed by atoms with Crippen LogP contribution in [0.3, 0.4) is 0 Å². The Balaban J connectivity index is 2.17. The minimum absolute atomic E-state index is 0.136. The molecule has 0 saturated carbocycles. The van der Waals surface area contributed by atoms with Gasteiger partial charge in [-0.05, 0) is 44.2 Å². The molecule has 0 saturated heterocycles. The number of aromatic nitrogens is 1. The van der Waals surface area contributed by atoms with E-state index in [1.807, 2.05) is 44.2 Å². The number of pyridine rings is 1. The van der Waals surface area contributed by atoms with E-state index in [1.54, 1.807) is 12.3 Å². The van der Waals surface area contributed by atoms with Gasteiger partial charge in [0.2, 0.25) is 0 Å². The van der Waals surface area contributed by atoms with Gasteiger partial charge in [0, 0.05) is 11.9 Å². The topological polar surface area (TPSA) is 57.9 Å². The van der Waals surface area contributed by atoms with E-state index in [2.05, 4.69) is 10.3 Å². The Morgan fingerprint density at radius 1 is 1.25 bits per heavy atom. The summed E-state index contributed by atoms with van der Waals surface area (Å²) in [5.74, 6) is 1.26. The van der Waals surface area contributed by atoms with Crippen molar-refractivity contribution < 1.29 is 4.74 Å². The van der Waals surface area contributed by atoms with E-state index in [9.17, 15) is 0 Å². The number of ether oxygens (including phenoxy) is 1. The molecule has 0 aliphatic carbocycles. The molecule has 0 fully saturated rings. The Labute approximate surface area is 123 Å². The smallest absolute Gasteiger partial charge is 0.150 e. The predicted molar refractivity (Wildman–Crippen MR) is 79.5 cm³/mol. The third-order valence-electron chi connectivity index (χ3n) is 2.50. The molecule has 1 aromatic carbocycles. The van der Waals surface area contributed by atoms with Crippen molar-refractivity contribution >= 4 is 23.1 Å². The lowest BCUT2D eigenvalue weighted by Gasteiger charge is -2.11. The molecule has 5 heteroatoms. The van der Waals surface area contributed by atoms with Gasteiger partial charge in [0.05, 0.1) is 11.7 Å². The molecule has 102 valence electrons. The van der Waals surface area contributed by atoms with Crippen LogP contribution in [0, 0.1) is 11.3 Å². The minimum Gasteiger partial charge on any atom is -0.491 e. The number of rotatable bonds is 4. The van der Waals surface area contributed by atoms with Gasteiger partial charge in [0.15, 0.2) is 5.82 Å². The molecule has 0 atom stereocenters. The molecule has 2 aromatic rings. The average molecular weight is 288 g/mol. The fraction of sp³-hybridized carbons (Fsp3) is 0.200. The van der Waals surface area contributed by atoms with E-state index in [-0.39, 0.29) is 6.10 Å². The van der Waals surface area contributed by atoms with Crippen molar-refractivity contribution in [1.29, 1.82) is 5.26 Å². The highest BCUT2D eigenvalue weighted by atomic mass is 35.5. The zero-order valence-electron chi connectivity index (χ0n) is 11.2. The van der Waals surface area contributed by atoms with Crippen LogP contribution in [0.2, 0.25) is 5.02 Å². The first-order chi connectivity index (χ1) is 9.60. The number of halogens is 1. The Hall–Kier alpha value is -2.25. The van der Waals surface area contributed by atoms with E-state index in [0.717, 1.165) is 11.4 Å². The van der Waals surface area contributed by atoms with E-state index in [0.29, 0.717) is 16.4 Å². The van der Waals surface area contributed by atoms with Crippen LogP contribution in [0.25, 0.3) is 0 Å². The fourth-order valence-corrected chi connectivity index (χ4v) is 1.84. The van der Waals surface area contributed by atoms with Gasteiger partial charge in [-0.25, -0.2) is 4.98 Å². The summed E-state index contributed by atoms with van der Waals surface area (Å²) in [7, 11) is 0. The zero-order valence-corrected chi connectivity index (χ0v) is 12.0. The molecule has 1 aromatic heterocycles. The van der Waals surface area contributed by atoms with Crippen LogP contribution in [0.15, 0.2) is 36.5 Å². The fourth-order valence-electron chi connectivity index (χ4n) is 1.64. The lowest BCUT2D eigenvalue weighted by atomic mass is 10.2. The number of hydrogen-bond acceptors (Lipinski definition) is 4. The van der Waals surface area contributed by atoms with Crippen molar-refractivity contribution in [1.82, 2.24) is 4.98 Å². The van der Waals surface area contributed by atoms with Crippen molar-refractivity contribution in [3.63, 3.8) is 0 Å². The highest BCUT2D eigenvalue weighted by molar-refractivity contribution is 6.34. The van der Waals surface area contributed by atoms with Crippen LogP contribution in [-0.2, 0) is 0 Å². The minimum atomic E-state index is 0.136. The third-order valence-corrected chi connectivity index (χ3v) is 2.88. The van der Waals surface area contributed by atoms with Gasteiger partial charge in [0.25, 0.3) is 0 Å². The second kappa shape index (κ2) is 6.27. The predicted octanol–water partition coefficient (Wildman–Crippen LogP) is 4.14. The Kier molecular flexibility index (Phi) is 4.44. The number of hydrogen-bond donors (Lipinski definition) is 1. The van der Waals surface area contributed by atoms with Crippen molar-refractivity contribution in [2.24, 2.45) is 0 Å². The Morgan fingerprint density at radius 2 is 1.95 bits per heavy atom. The van der Waals surface area contributed by atoms with Gasteiger partial charge in [0.1, 0.15) is 16.8 Å². The number of nitrogens with one attached hydrogen (secondary N) is 1. The van der Waals surface area contributed by atoms with Gasteiger partial charge in [-0.1, -0.05) is 11.6 Å².